The molecule has 0 unspecified atom stereocenters. The van der Waals surface area contributed by atoms with E-state index in [1.165, 1.54) is 56.1 Å². The number of rotatable bonds is 15. The predicted molar refractivity (Wildman–Crippen MR) is 128 cm³/mol. The smallest absolute Gasteiger partial charge is 0.119 e. The molecule has 4 heteroatoms. The van der Waals surface area contributed by atoms with E-state index in [1.54, 1.807) is 0 Å². The van der Waals surface area contributed by atoms with Gasteiger partial charge in [0.2, 0.25) is 0 Å². The SMILES string of the molecule is CCCCCCCCCCOc1ccc(-c2ccc(OCCN3CCOC3)cc2)cc1. The molecule has 2 aromatic rings. The molecule has 0 amide bonds. The fourth-order valence-corrected chi connectivity index (χ4v) is 3.83. The highest BCUT2D eigenvalue weighted by atomic mass is 16.5. The summed E-state index contributed by atoms with van der Waals surface area (Å²) in [5, 5.41) is 0. The zero-order chi connectivity index (χ0) is 21.6. The second-order valence-electron chi connectivity index (χ2n) is 8.38. The fraction of sp³-hybridized carbons (Fsp3) is 0.556. The van der Waals surface area contributed by atoms with Gasteiger partial charge < -0.3 is 14.2 Å². The number of nitrogens with zero attached hydrogens (tertiary/aromatic N) is 1. The first-order valence-corrected chi connectivity index (χ1v) is 12.1. The standard InChI is InChI=1S/C27H39NO3/c1-2-3-4-5-6-7-8-9-20-30-26-14-10-24(11-15-26)25-12-16-27(17-13-25)31-22-19-28-18-21-29-23-28/h10-17H,2-9,18-23H2,1H3. The number of benzene rings is 2. The van der Waals surface area contributed by atoms with E-state index in [9.17, 15) is 0 Å². The molecule has 0 radical (unpaired) electrons. The maximum atomic E-state index is 5.91. The summed E-state index contributed by atoms with van der Waals surface area (Å²) < 4.78 is 17.1. The van der Waals surface area contributed by atoms with Gasteiger partial charge in [-0.2, -0.15) is 0 Å². The number of unbranched alkanes of at least 4 members (excludes halogenated alkanes) is 7. The molecule has 2 aromatic carbocycles. The van der Waals surface area contributed by atoms with Gasteiger partial charge in [0.1, 0.15) is 18.1 Å². The molecule has 0 atom stereocenters. The van der Waals surface area contributed by atoms with Crippen LogP contribution in [0, 0.1) is 0 Å². The van der Waals surface area contributed by atoms with Crippen molar-refractivity contribution in [1.82, 2.24) is 4.90 Å². The highest BCUT2D eigenvalue weighted by Crippen LogP contribution is 2.25. The molecule has 0 spiro atoms. The van der Waals surface area contributed by atoms with Gasteiger partial charge in [-0.25, -0.2) is 0 Å². The first kappa shape index (κ1) is 23.6. The molecule has 4 nitrogen and oxygen atoms in total. The Kier molecular flexibility index (Phi) is 10.7. The molecule has 0 saturated carbocycles. The van der Waals surface area contributed by atoms with Crippen molar-refractivity contribution in [3.8, 4) is 22.6 Å². The number of hydrogen-bond acceptors (Lipinski definition) is 4. The Morgan fingerprint density at radius 3 is 1.81 bits per heavy atom. The Balaban J connectivity index is 1.31. The molecular formula is C27H39NO3. The number of ether oxygens (including phenoxy) is 3. The summed E-state index contributed by atoms with van der Waals surface area (Å²) in [6.45, 7) is 7.23. The van der Waals surface area contributed by atoms with Crippen LogP contribution in [-0.2, 0) is 4.74 Å². The quantitative estimate of drug-likeness (QED) is 0.303. The van der Waals surface area contributed by atoms with E-state index in [1.807, 2.05) is 12.1 Å². The van der Waals surface area contributed by atoms with Gasteiger partial charge in [-0.3, -0.25) is 4.90 Å². The summed E-state index contributed by atoms with van der Waals surface area (Å²) in [6.07, 6.45) is 10.6. The number of hydrogen-bond donors (Lipinski definition) is 0. The zero-order valence-electron chi connectivity index (χ0n) is 19.2. The maximum Gasteiger partial charge on any atom is 0.119 e. The third-order valence-corrected chi connectivity index (χ3v) is 5.81. The molecule has 1 aliphatic heterocycles. The van der Waals surface area contributed by atoms with Gasteiger partial charge >= 0.3 is 0 Å². The molecule has 1 saturated heterocycles. The first-order chi connectivity index (χ1) is 15.3. The van der Waals surface area contributed by atoms with E-state index in [0.717, 1.165) is 51.0 Å². The minimum atomic E-state index is 0.688. The minimum Gasteiger partial charge on any atom is -0.494 e. The van der Waals surface area contributed by atoms with Gasteiger partial charge in [-0.1, -0.05) is 76.1 Å². The van der Waals surface area contributed by atoms with Crippen LogP contribution in [0.3, 0.4) is 0 Å². The van der Waals surface area contributed by atoms with Crippen molar-refractivity contribution >= 4 is 0 Å². The summed E-state index contributed by atoms with van der Waals surface area (Å²) in [6, 6.07) is 16.7. The Hall–Kier alpha value is -2.04. The Labute approximate surface area is 188 Å². The van der Waals surface area contributed by atoms with Crippen LogP contribution in [0.15, 0.2) is 48.5 Å². The van der Waals surface area contributed by atoms with Crippen molar-refractivity contribution in [2.24, 2.45) is 0 Å². The topological polar surface area (TPSA) is 30.9 Å². The van der Waals surface area contributed by atoms with Gasteiger partial charge in [0.25, 0.3) is 0 Å². The lowest BCUT2D eigenvalue weighted by Crippen LogP contribution is -2.25. The van der Waals surface area contributed by atoms with Crippen LogP contribution < -0.4 is 9.47 Å². The molecule has 31 heavy (non-hydrogen) atoms. The second-order valence-corrected chi connectivity index (χ2v) is 8.38. The molecular weight excluding hydrogens is 386 g/mol. The lowest BCUT2D eigenvalue weighted by atomic mass is 10.1. The summed E-state index contributed by atoms with van der Waals surface area (Å²) in [7, 11) is 0. The zero-order valence-corrected chi connectivity index (χ0v) is 19.2. The normalized spacial score (nSPS) is 14.1. The van der Waals surface area contributed by atoms with Crippen molar-refractivity contribution in [1.29, 1.82) is 0 Å². The average molecular weight is 426 g/mol. The van der Waals surface area contributed by atoms with Crippen LogP contribution >= 0.6 is 0 Å². The lowest BCUT2D eigenvalue weighted by molar-refractivity contribution is 0.129. The van der Waals surface area contributed by atoms with Gasteiger partial charge in [-0.05, 0) is 41.8 Å². The Morgan fingerprint density at radius 2 is 1.26 bits per heavy atom. The van der Waals surface area contributed by atoms with Crippen molar-refractivity contribution in [2.45, 2.75) is 58.3 Å². The third kappa shape index (κ3) is 8.92. The molecule has 0 aliphatic carbocycles. The van der Waals surface area contributed by atoms with Crippen LogP contribution in [0.25, 0.3) is 11.1 Å². The highest BCUT2D eigenvalue weighted by Gasteiger charge is 2.11. The van der Waals surface area contributed by atoms with Crippen molar-refractivity contribution in [2.75, 3.05) is 39.6 Å². The molecule has 0 bridgehead atoms. The lowest BCUT2D eigenvalue weighted by Gasteiger charge is -2.13. The van der Waals surface area contributed by atoms with Crippen LogP contribution in [0.5, 0.6) is 11.5 Å². The third-order valence-electron chi connectivity index (χ3n) is 5.81. The van der Waals surface area contributed by atoms with Gasteiger partial charge in [0.15, 0.2) is 0 Å². The monoisotopic (exact) mass is 425 g/mol. The van der Waals surface area contributed by atoms with Crippen molar-refractivity contribution in [3.05, 3.63) is 48.5 Å². The molecule has 0 aromatic heterocycles. The Bertz CT molecular complexity index is 708. The largest absolute Gasteiger partial charge is 0.494 e. The van der Waals surface area contributed by atoms with Crippen LogP contribution in [0.2, 0.25) is 0 Å². The van der Waals surface area contributed by atoms with E-state index in [2.05, 4.69) is 48.2 Å². The van der Waals surface area contributed by atoms with Crippen LogP contribution in [0.1, 0.15) is 58.3 Å². The minimum absolute atomic E-state index is 0.688. The second kappa shape index (κ2) is 14.1. The van der Waals surface area contributed by atoms with E-state index < -0.39 is 0 Å². The molecule has 1 aliphatic rings. The fourth-order valence-electron chi connectivity index (χ4n) is 3.83. The van der Waals surface area contributed by atoms with Gasteiger partial charge in [0, 0.05) is 13.1 Å². The van der Waals surface area contributed by atoms with Crippen molar-refractivity contribution < 1.29 is 14.2 Å². The van der Waals surface area contributed by atoms with E-state index in [4.69, 9.17) is 14.2 Å². The molecule has 0 N–H and O–H groups in total. The van der Waals surface area contributed by atoms with E-state index in [-0.39, 0.29) is 0 Å². The van der Waals surface area contributed by atoms with Crippen molar-refractivity contribution in [3.63, 3.8) is 0 Å². The molecule has 170 valence electrons. The van der Waals surface area contributed by atoms with Gasteiger partial charge in [0.05, 0.1) is 19.9 Å². The predicted octanol–water partition coefficient (Wildman–Crippen LogP) is 6.54. The van der Waals surface area contributed by atoms with E-state index in [0.29, 0.717) is 6.61 Å². The summed E-state index contributed by atoms with van der Waals surface area (Å²) in [5.41, 5.74) is 2.38. The highest BCUT2D eigenvalue weighted by molar-refractivity contribution is 5.64. The van der Waals surface area contributed by atoms with E-state index >= 15 is 0 Å². The molecule has 1 fully saturated rings. The summed E-state index contributed by atoms with van der Waals surface area (Å²) in [4.78, 5) is 2.26. The Morgan fingerprint density at radius 1 is 0.710 bits per heavy atom. The molecule has 3 rings (SSSR count). The van der Waals surface area contributed by atoms with Gasteiger partial charge in [-0.15, -0.1) is 0 Å². The summed E-state index contributed by atoms with van der Waals surface area (Å²) >= 11 is 0. The van der Waals surface area contributed by atoms with Crippen LogP contribution in [-0.4, -0.2) is 44.5 Å². The summed E-state index contributed by atoms with van der Waals surface area (Å²) in [5.74, 6) is 1.87. The van der Waals surface area contributed by atoms with Crippen LogP contribution in [0.4, 0.5) is 0 Å². The first-order valence-electron chi connectivity index (χ1n) is 12.1. The average Bonchev–Trinajstić information content (AvgIpc) is 3.33. The maximum absolute atomic E-state index is 5.91. The molecule has 1 heterocycles.